The summed E-state index contributed by atoms with van der Waals surface area (Å²) in [6.45, 7) is 0.00814. The number of benzene rings is 1. The third-order valence-corrected chi connectivity index (χ3v) is 4.95. The van der Waals surface area contributed by atoms with E-state index in [9.17, 15) is 4.79 Å². The number of pyridine rings is 1. The van der Waals surface area contributed by atoms with Crippen LogP contribution < -0.4 is 15.5 Å². The molecule has 2 N–H and O–H groups in total. The summed E-state index contributed by atoms with van der Waals surface area (Å²) in [7, 11) is 1.48. The number of thiocarbonyl (C=S) groups is 1. The average Bonchev–Trinajstić information content (AvgIpc) is 3.37. The Morgan fingerprint density at radius 2 is 2.07 bits per heavy atom. The van der Waals surface area contributed by atoms with E-state index < -0.39 is 0 Å². The van der Waals surface area contributed by atoms with Gasteiger partial charge in [0.05, 0.1) is 18.0 Å². The normalized spacial score (nSPS) is 18.5. The number of furan rings is 1. The Hall–Kier alpha value is -3.23. The SMILES string of the molecule is COCC(=O)Nc1ccc(N2C(=S)N[C@@H](c3ccccn3)[C@@H]2c2ccco2)cc1. The topological polar surface area (TPSA) is 79.6 Å². The second-order valence-corrected chi connectivity index (χ2v) is 6.93. The molecular weight excluding hydrogens is 388 g/mol. The van der Waals surface area contributed by atoms with Crippen LogP contribution in [0.4, 0.5) is 11.4 Å². The van der Waals surface area contributed by atoms with Gasteiger partial charge in [0.2, 0.25) is 5.91 Å². The van der Waals surface area contributed by atoms with Gasteiger partial charge in [-0.2, -0.15) is 0 Å². The fourth-order valence-electron chi connectivity index (χ4n) is 3.41. The lowest BCUT2D eigenvalue weighted by atomic mass is 10.0. The van der Waals surface area contributed by atoms with Crippen LogP contribution in [-0.4, -0.2) is 29.7 Å². The molecule has 0 aliphatic carbocycles. The van der Waals surface area contributed by atoms with Crippen LogP contribution in [0.5, 0.6) is 0 Å². The van der Waals surface area contributed by atoms with Crippen molar-refractivity contribution in [2.75, 3.05) is 23.9 Å². The van der Waals surface area contributed by atoms with Crippen molar-refractivity contribution in [3.05, 3.63) is 78.5 Å². The number of anilines is 2. The highest BCUT2D eigenvalue weighted by Gasteiger charge is 2.42. The molecule has 4 rings (SSSR count). The monoisotopic (exact) mass is 408 g/mol. The molecule has 3 aromatic rings. The van der Waals surface area contributed by atoms with Crippen LogP contribution in [0.1, 0.15) is 23.5 Å². The largest absolute Gasteiger partial charge is 0.467 e. The van der Waals surface area contributed by atoms with Crippen LogP contribution in [0.3, 0.4) is 0 Å². The quantitative estimate of drug-likeness (QED) is 0.605. The van der Waals surface area contributed by atoms with E-state index in [2.05, 4.69) is 15.6 Å². The van der Waals surface area contributed by atoms with Crippen molar-refractivity contribution in [1.29, 1.82) is 0 Å². The van der Waals surface area contributed by atoms with Crippen molar-refractivity contribution in [2.24, 2.45) is 0 Å². The molecule has 1 aliphatic rings. The summed E-state index contributed by atoms with van der Waals surface area (Å²) in [5.41, 5.74) is 2.44. The van der Waals surface area contributed by atoms with E-state index >= 15 is 0 Å². The maximum Gasteiger partial charge on any atom is 0.250 e. The van der Waals surface area contributed by atoms with Crippen LogP contribution in [0.15, 0.2) is 71.5 Å². The molecule has 8 heteroatoms. The highest BCUT2D eigenvalue weighted by atomic mass is 32.1. The summed E-state index contributed by atoms with van der Waals surface area (Å²) in [5, 5.41) is 6.74. The van der Waals surface area contributed by atoms with Gasteiger partial charge in [0.25, 0.3) is 0 Å². The third-order valence-electron chi connectivity index (χ3n) is 4.64. The van der Waals surface area contributed by atoms with E-state index in [0.717, 1.165) is 17.1 Å². The number of hydrogen-bond acceptors (Lipinski definition) is 5. The second-order valence-electron chi connectivity index (χ2n) is 6.54. The van der Waals surface area contributed by atoms with Gasteiger partial charge < -0.3 is 24.7 Å². The molecule has 1 saturated heterocycles. The van der Waals surface area contributed by atoms with E-state index in [1.807, 2.05) is 59.5 Å². The maximum absolute atomic E-state index is 11.7. The molecule has 1 amide bonds. The number of aromatic nitrogens is 1. The van der Waals surface area contributed by atoms with Crippen molar-refractivity contribution >= 4 is 34.6 Å². The zero-order chi connectivity index (χ0) is 20.2. The van der Waals surface area contributed by atoms with Gasteiger partial charge in [-0.15, -0.1) is 0 Å². The Balaban J connectivity index is 1.65. The first-order chi connectivity index (χ1) is 14.2. The highest BCUT2D eigenvalue weighted by molar-refractivity contribution is 7.80. The van der Waals surface area contributed by atoms with E-state index in [0.29, 0.717) is 10.8 Å². The van der Waals surface area contributed by atoms with Gasteiger partial charge >= 0.3 is 0 Å². The first-order valence-corrected chi connectivity index (χ1v) is 9.51. The summed E-state index contributed by atoms with van der Waals surface area (Å²) in [6.07, 6.45) is 3.41. The first kappa shape index (κ1) is 19.1. The molecular formula is C21H20N4O3S. The van der Waals surface area contributed by atoms with E-state index in [-0.39, 0.29) is 24.6 Å². The van der Waals surface area contributed by atoms with Crippen LogP contribution in [0.2, 0.25) is 0 Å². The van der Waals surface area contributed by atoms with Gasteiger partial charge in [0, 0.05) is 24.7 Å². The number of nitrogens with one attached hydrogen (secondary N) is 2. The van der Waals surface area contributed by atoms with Crippen LogP contribution in [0, 0.1) is 0 Å². The summed E-state index contributed by atoms with van der Waals surface area (Å²) >= 11 is 5.65. The Kier molecular flexibility index (Phi) is 5.55. The highest BCUT2D eigenvalue weighted by Crippen LogP contribution is 2.41. The van der Waals surface area contributed by atoms with Crippen LogP contribution in [-0.2, 0) is 9.53 Å². The molecule has 0 spiro atoms. The number of ether oxygens (including phenoxy) is 1. The van der Waals surface area contributed by atoms with E-state index in [1.165, 1.54) is 7.11 Å². The fourth-order valence-corrected chi connectivity index (χ4v) is 3.76. The van der Waals surface area contributed by atoms with Gasteiger partial charge in [0.15, 0.2) is 5.11 Å². The first-order valence-electron chi connectivity index (χ1n) is 9.10. The lowest BCUT2D eigenvalue weighted by molar-refractivity contribution is -0.119. The van der Waals surface area contributed by atoms with E-state index in [1.54, 1.807) is 12.5 Å². The Morgan fingerprint density at radius 3 is 2.72 bits per heavy atom. The molecule has 0 saturated carbocycles. The second kappa shape index (κ2) is 8.42. The van der Waals surface area contributed by atoms with Crippen LogP contribution >= 0.6 is 12.2 Å². The lowest BCUT2D eigenvalue weighted by Gasteiger charge is -2.26. The number of hydrogen-bond donors (Lipinski definition) is 2. The molecule has 7 nitrogen and oxygen atoms in total. The fraction of sp³-hybridized carbons (Fsp3) is 0.190. The van der Waals surface area contributed by atoms with Crippen molar-refractivity contribution in [2.45, 2.75) is 12.1 Å². The number of rotatable bonds is 6. The summed E-state index contributed by atoms with van der Waals surface area (Å²) in [5.74, 6) is 0.577. The average molecular weight is 408 g/mol. The zero-order valence-electron chi connectivity index (χ0n) is 15.7. The predicted octanol–water partition coefficient (Wildman–Crippen LogP) is 3.44. The van der Waals surface area contributed by atoms with Crippen LogP contribution in [0.25, 0.3) is 0 Å². The van der Waals surface area contributed by atoms with Gasteiger partial charge in [-0.3, -0.25) is 9.78 Å². The van der Waals surface area contributed by atoms with Gasteiger partial charge in [-0.25, -0.2) is 0 Å². The van der Waals surface area contributed by atoms with E-state index in [4.69, 9.17) is 21.4 Å². The van der Waals surface area contributed by atoms with Crippen molar-refractivity contribution in [1.82, 2.24) is 10.3 Å². The Bertz CT molecular complexity index is 977. The van der Waals surface area contributed by atoms with Crippen molar-refractivity contribution < 1.29 is 13.9 Å². The molecule has 29 heavy (non-hydrogen) atoms. The number of carbonyl (C=O) groups excluding carboxylic acids is 1. The van der Waals surface area contributed by atoms with Gasteiger partial charge in [0.1, 0.15) is 18.4 Å². The minimum absolute atomic E-state index is 0.00814. The number of amides is 1. The standard InChI is InChI=1S/C21H20N4O3S/c1-27-13-18(26)23-14-7-9-15(10-8-14)25-20(17-6-4-12-28-17)19(24-21(25)29)16-5-2-3-11-22-16/h2-12,19-20H,13H2,1H3,(H,23,26)(H,24,29)/t19-,20-/m0/s1. The molecule has 1 fully saturated rings. The molecule has 3 heterocycles. The predicted molar refractivity (Wildman–Crippen MR) is 114 cm³/mol. The summed E-state index contributed by atoms with van der Waals surface area (Å²) < 4.78 is 10.6. The Labute approximate surface area is 173 Å². The Morgan fingerprint density at radius 1 is 1.24 bits per heavy atom. The van der Waals surface area contributed by atoms with Gasteiger partial charge in [-0.05, 0) is 60.7 Å². The molecule has 0 radical (unpaired) electrons. The minimum Gasteiger partial charge on any atom is -0.467 e. The number of nitrogens with zero attached hydrogens (tertiary/aromatic N) is 2. The molecule has 0 unspecified atom stereocenters. The summed E-state index contributed by atoms with van der Waals surface area (Å²) in [6, 6.07) is 16.7. The zero-order valence-corrected chi connectivity index (χ0v) is 16.6. The molecule has 0 bridgehead atoms. The molecule has 1 aromatic carbocycles. The maximum atomic E-state index is 11.7. The van der Waals surface area contributed by atoms with Crippen molar-refractivity contribution in [3.8, 4) is 0 Å². The lowest BCUT2D eigenvalue weighted by Crippen LogP contribution is -2.29. The third kappa shape index (κ3) is 3.98. The van der Waals surface area contributed by atoms with Crippen molar-refractivity contribution in [3.63, 3.8) is 0 Å². The summed E-state index contributed by atoms with van der Waals surface area (Å²) in [4.78, 5) is 18.2. The minimum atomic E-state index is -0.206. The molecule has 2 aromatic heterocycles. The molecule has 2 atom stereocenters. The molecule has 1 aliphatic heterocycles. The molecule has 148 valence electrons. The number of carbonyl (C=O) groups is 1. The van der Waals surface area contributed by atoms with Gasteiger partial charge in [-0.1, -0.05) is 6.07 Å². The smallest absolute Gasteiger partial charge is 0.250 e. The number of methoxy groups -OCH3 is 1.